The molecule has 0 aliphatic carbocycles. The molecule has 0 radical (unpaired) electrons. The summed E-state index contributed by atoms with van der Waals surface area (Å²) in [6.07, 6.45) is 0.655. The first kappa shape index (κ1) is 12.4. The van der Waals surface area contributed by atoms with Crippen molar-refractivity contribution < 1.29 is 9.59 Å². The molecule has 0 aromatic heterocycles. The van der Waals surface area contributed by atoms with E-state index in [1.165, 1.54) is 4.90 Å². The number of carbonyl (C=O) groups excluding carboxylic acids is 2. The van der Waals surface area contributed by atoms with Gasteiger partial charge in [-0.3, -0.25) is 9.59 Å². The number of Topliss-reactive ketones (excluding diaryl/α,β-unsaturated/α-hetero) is 1. The zero-order chi connectivity index (χ0) is 12.6. The first-order valence-corrected chi connectivity index (χ1v) is 6.20. The Morgan fingerprint density at radius 3 is 2.65 bits per heavy atom. The summed E-state index contributed by atoms with van der Waals surface area (Å²) in [7, 11) is 0. The summed E-state index contributed by atoms with van der Waals surface area (Å²) in [5, 5.41) is 0.474. The molecule has 1 aromatic rings. The Bertz CT molecular complexity index is 500. The third-order valence-corrected chi connectivity index (χ3v) is 3.22. The van der Waals surface area contributed by atoms with Crippen LogP contribution in [0.5, 0.6) is 0 Å². The standard InChI is InChI=1S/C12H11Cl2NO2/c1-7-5-8(14)6-9-10(7)15(4-2-3-13)12(17)11(9)16/h5-6H,2-4H2,1H3. The summed E-state index contributed by atoms with van der Waals surface area (Å²) in [5.41, 5.74) is 1.91. The van der Waals surface area contributed by atoms with E-state index < -0.39 is 11.7 Å². The summed E-state index contributed by atoms with van der Waals surface area (Å²) >= 11 is 11.5. The van der Waals surface area contributed by atoms with E-state index in [-0.39, 0.29) is 0 Å². The van der Waals surface area contributed by atoms with Crippen LogP contribution in [0.15, 0.2) is 12.1 Å². The predicted octanol–water partition coefficient (Wildman–Crippen LogP) is 2.81. The van der Waals surface area contributed by atoms with Gasteiger partial charge in [0.2, 0.25) is 0 Å². The van der Waals surface area contributed by atoms with Crippen molar-refractivity contribution in [3.05, 3.63) is 28.3 Å². The van der Waals surface area contributed by atoms with E-state index in [1.54, 1.807) is 12.1 Å². The minimum absolute atomic E-state index is 0.398. The normalized spacial score (nSPS) is 14.4. The van der Waals surface area contributed by atoms with E-state index in [0.717, 1.165) is 5.56 Å². The number of fused-ring (bicyclic) bond motifs is 1. The molecule has 0 bridgehead atoms. The molecule has 1 aliphatic heterocycles. The third kappa shape index (κ3) is 2.05. The highest BCUT2D eigenvalue weighted by molar-refractivity contribution is 6.52. The van der Waals surface area contributed by atoms with Gasteiger partial charge in [-0.15, -0.1) is 11.6 Å². The highest BCUT2D eigenvalue weighted by atomic mass is 35.5. The van der Waals surface area contributed by atoms with Gasteiger partial charge in [0.15, 0.2) is 0 Å². The van der Waals surface area contributed by atoms with Crippen LogP contribution in [0.3, 0.4) is 0 Å². The molecule has 1 amide bonds. The van der Waals surface area contributed by atoms with E-state index >= 15 is 0 Å². The van der Waals surface area contributed by atoms with Gasteiger partial charge in [0.05, 0.1) is 11.3 Å². The summed E-state index contributed by atoms with van der Waals surface area (Å²) in [5.74, 6) is -0.518. The van der Waals surface area contributed by atoms with Gasteiger partial charge in [0.1, 0.15) is 0 Å². The van der Waals surface area contributed by atoms with E-state index in [1.807, 2.05) is 6.92 Å². The number of nitrogens with zero attached hydrogens (tertiary/aromatic N) is 1. The van der Waals surface area contributed by atoms with Crippen LogP contribution < -0.4 is 4.90 Å². The fraction of sp³-hybridized carbons (Fsp3) is 0.333. The van der Waals surface area contributed by atoms with Crippen LogP contribution >= 0.6 is 23.2 Å². The van der Waals surface area contributed by atoms with Crippen molar-refractivity contribution in [2.24, 2.45) is 0 Å². The zero-order valence-corrected chi connectivity index (χ0v) is 10.8. The van der Waals surface area contributed by atoms with Crippen molar-refractivity contribution in [1.82, 2.24) is 0 Å². The molecule has 0 saturated carbocycles. The van der Waals surface area contributed by atoms with E-state index in [4.69, 9.17) is 23.2 Å². The molecule has 0 spiro atoms. The van der Waals surface area contributed by atoms with Crippen molar-refractivity contribution in [1.29, 1.82) is 0 Å². The Labute approximate surface area is 109 Å². The highest BCUT2D eigenvalue weighted by Crippen LogP contribution is 2.34. The lowest BCUT2D eigenvalue weighted by Crippen LogP contribution is -2.31. The molecule has 17 heavy (non-hydrogen) atoms. The summed E-state index contributed by atoms with van der Waals surface area (Å²) in [6, 6.07) is 3.30. The minimum Gasteiger partial charge on any atom is -0.304 e. The van der Waals surface area contributed by atoms with Crippen molar-refractivity contribution in [2.45, 2.75) is 13.3 Å². The van der Waals surface area contributed by atoms with Crippen LogP contribution in [0.4, 0.5) is 5.69 Å². The molecule has 2 rings (SSSR count). The fourth-order valence-electron chi connectivity index (χ4n) is 2.04. The van der Waals surface area contributed by atoms with Gasteiger partial charge in [0, 0.05) is 17.4 Å². The summed E-state index contributed by atoms with van der Waals surface area (Å²) in [4.78, 5) is 25.1. The molecule has 0 fully saturated rings. The molecule has 0 unspecified atom stereocenters. The molecule has 1 heterocycles. The number of ketones is 1. The van der Waals surface area contributed by atoms with Crippen molar-refractivity contribution in [2.75, 3.05) is 17.3 Å². The van der Waals surface area contributed by atoms with Crippen LogP contribution in [0.2, 0.25) is 5.02 Å². The van der Waals surface area contributed by atoms with E-state index in [2.05, 4.69) is 0 Å². The smallest absolute Gasteiger partial charge is 0.299 e. The van der Waals surface area contributed by atoms with Crippen LogP contribution in [0, 0.1) is 6.92 Å². The molecular formula is C12H11Cl2NO2. The third-order valence-electron chi connectivity index (χ3n) is 2.73. The van der Waals surface area contributed by atoms with Gasteiger partial charge in [-0.05, 0) is 31.0 Å². The number of aryl methyl sites for hydroxylation is 1. The maximum atomic E-state index is 11.8. The molecule has 90 valence electrons. The van der Waals surface area contributed by atoms with Crippen LogP contribution in [-0.4, -0.2) is 24.1 Å². The number of amides is 1. The van der Waals surface area contributed by atoms with Gasteiger partial charge in [-0.1, -0.05) is 11.6 Å². The number of hydrogen-bond acceptors (Lipinski definition) is 2. The topological polar surface area (TPSA) is 37.4 Å². The van der Waals surface area contributed by atoms with Gasteiger partial charge in [-0.2, -0.15) is 0 Å². The maximum absolute atomic E-state index is 11.8. The lowest BCUT2D eigenvalue weighted by molar-refractivity contribution is -0.114. The fourth-order valence-corrected chi connectivity index (χ4v) is 2.43. The van der Waals surface area contributed by atoms with Crippen molar-refractivity contribution in [3.8, 4) is 0 Å². The van der Waals surface area contributed by atoms with Gasteiger partial charge in [-0.25, -0.2) is 0 Å². The summed E-state index contributed by atoms with van der Waals surface area (Å²) < 4.78 is 0. The van der Waals surface area contributed by atoms with Crippen LogP contribution in [0.25, 0.3) is 0 Å². The molecule has 3 nitrogen and oxygen atoms in total. The van der Waals surface area contributed by atoms with Gasteiger partial charge in [0.25, 0.3) is 11.7 Å². The number of anilines is 1. The Morgan fingerprint density at radius 1 is 1.29 bits per heavy atom. The molecule has 1 aromatic carbocycles. The first-order chi connectivity index (χ1) is 8.06. The first-order valence-electron chi connectivity index (χ1n) is 5.28. The Hall–Kier alpha value is -1.06. The Kier molecular flexibility index (Phi) is 3.40. The quantitative estimate of drug-likeness (QED) is 0.626. The Morgan fingerprint density at radius 2 is 2.00 bits per heavy atom. The second kappa shape index (κ2) is 4.67. The predicted molar refractivity (Wildman–Crippen MR) is 68.2 cm³/mol. The second-order valence-electron chi connectivity index (χ2n) is 3.95. The molecule has 1 aliphatic rings. The lowest BCUT2D eigenvalue weighted by Gasteiger charge is -2.17. The average Bonchev–Trinajstić information content (AvgIpc) is 2.51. The second-order valence-corrected chi connectivity index (χ2v) is 4.76. The number of rotatable bonds is 3. The number of hydrogen-bond donors (Lipinski definition) is 0. The maximum Gasteiger partial charge on any atom is 0.299 e. The Balaban J connectivity index is 2.48. The molecular weight excluding hydrogens is 261 g/mol. The molecule has 0 atom stereocenters. The number of benzene rings is 1. The van der Waals surface area contributed by atoms with Crippen molar-refractivity contribution >= 4 is 40.6 Å². The minimum atomic E-state index is -0.490. The SMILES string of the molecule is Cc1cc(Cl)cc2c1N(CCCCl)C(=O)C2=O. The van der Waals surface area contributed by atoms with Crippen molar-refractivity contribution in [3.63, 3.8) is 0 Å². The van der Waals surface area contributed by atoms with Crippen LogP contribution in [0.1, 0.15) is 22.3 Å². The van der Waals surface area contributed by atoms with E-state index in [0.29, 0.717) is 35.1 Å². The van der Waals surface area contributed by atoms with Gasteiger partial charge < -0.3 is 4.90 Å². The number of carbonyl (C=O) groups is 2. The molecule has 0 N–H and O–H groups in total. The van der Waals surface area contributed by atoms with E-state index in [9.17, 15) is 9.59 Å². The number of alkyl halides is 1. The number of halogens is 2. The van der Waals surface area contributed by atoms with Gasteiger partial charge >= 0.3 is 0 Å². The monoisotopic (exact) mass is 271 g/mol. The molecule has 0 saturated heterocycles. The summed E-state index contributed by atoms with van der Waals surface area (Å²) in [6.45, 7) is 2.30. The largest absolute Gasteiger partial charge is 0.304 e. The van der Waals surface area contributed by atoms with Crippen LogP contribution in [-0.2, 0) is 4.79 Å². The molecule has 5 heteroatoms. The zero-order valence-electron chi connectivity index (χ0n) is 9.30. The average molecular weight is 272 g/mol. The lowest BCUT2D eigenvalue weighted by atomic mass is 10.1. The highest BCUT2D eigenvalue weighted by Gasteiger charge is 2.36.